The second-order valence-corrected chi connectivity index (χ2v) is 12.3. The van der Waals surface area contributed by atoms with Gasteiger partial charge in [-0.05, 0) is 77.0 Å². The maximum atomic E-state index is 5.80. The van der Waals surface area contributed by atoms with E-state index < -0.39 is 9.05 Å². The normalized spacial score (nSPS) is 14.5. The van der Waals surface area contributed by atoms with Crippen molar-refractivity contribution in [3.8, 4) is 0 Å². The van der Waals surface area contributed by atoms with Crippen molar-refractivity contribution in [1.82, 2.24) is 0 Å². The molecule has 8 nitrogen and oxygen atoms in total. The molecule has 33 heavy (non-hydrogen) atoms. The molecule has 9 heteroatoms. The van der Waals surface area contributed by atoms with Crippen LogP contribution in [0.4, 0.5) is 0 Å². The van der Waals surface area contributed by atoms with E-state index in [2.05, 4.69) is 76.0 Å². The van der Waals surface area contributed by atoms with Gasteiger partial charge < -0.3 is 18.1 Å². The number of hydrogen-bond acceptors (Lipinski definition) is 8. The molecule has 0 aromatic heterocycles. The molecule has 0 fully saturated rings. The van der Waals surface area contributed by atoms with Crippen molar-refractivity contribution in [1.29, 1.82) is 0 Å². The zero-order chi connectivity index (χ0) is 25.6. The fraction of sp³-hybridized carbons (Fsp3) is 0.833. The van der Waals surface area contributed by atoms with Gasteiger partial charge in [0, 0.05) is 0 Å². The molecular formula is C24H48N4O4Si. The third-order valence-electron chi connectivity index (χ3n) is 4.07. The lowest BCUT2D eigenvalue weighted by Gasteiger charge is -2.19. The van der Waals surface area contributed by atoms with Crippen molar-refractivity contribution >= 4 is 31.9 Å². The third-order valence-corrected chi connectivity index (χ3v) is 5.33. The Morgan fingerprint density at radius 2 is 0.636 bits per heavy atom. The van der Waals surface area contributed by atoms with Crippen molar-refractivity contribution in [3.05, 3.63) is 0 Å². The van der Waals surface area contributed by atoms with Crippen molar-refractivity contribution < 1.29 is 18.1 Å². The minimum absolute atomic E-state index is 0.431. The molecule has 192 valence electrons. The number of oxime groups is 4. The Kier molecular flexibility index (Phi) is 14.9. The van der Waals surface area contributed by atoms with E-state index >= 15 is 0 Å². The molecule has 0 aliphatic heterocycles. The summed E-state index contributed by atoms with van der Waals surface area (Å²) in [6.45, 7) is 24.5. The van der Waals surface area contributed by atoms with E-state index in [0.29, 0.717) is 23.7 Å². The summed E-state index contributed by atoms with van der Waals surface area (Å²) in [6.07, 6.45) is 3.08. The standard InChI is InChI=1S/C24H48N4O4Si/c1-17(2)13-21(9)25-29-33(30-26-22(10)14-18(3)4,31-27-23(11)15-19(5)6)32-28-24(12)16-20(7)8/h17-20H,13-16H2,1-12H3/b25-21-,26-22-,27-23-,28-24-. The Labute approximate surface area is 203 Å². The summed E-state index contributed by atoms with van der Waals surface area (Å²) in [7, 11) is -4.00. The average Bonchev–Trinajstić information content (AvgIpc) is 2.64. The molecule has 0 unspecified atom stereocenters. The highest BCUT2D eigenvalue weighted by Gasteiger charge is 2.63. The van der Waals surface area contributed by atoms with Crippen molar-refractivity contribution in [2.24, 2.45) is 44.3 Å². The summed E-state index contributed by atoms with van der Waals surface area (Å²) >= 11 is 0. The molecule has 0 heterocycles. The largest absolute Gasteiger partial charge is 1.05 e. The second kappa shape index (κ2) is 15.8. The average molecular weight is 485 g/mol. The maximum Gasteiger partial charge on any atom is 1.05 e. The first kappa shape index (κ1) is 31.1. The van der Waals surface area contributed by atoms with Crippen LogP contribution >= 0.6 is 0 Å². The lowest BCUT2D eigenvalue weighted by molar-refractivity contribution is -0.0322. The summed E-state index contributed by atoms with van der Waals surface area (Å²) in [5.41, 5.74) is 3.19. The summed E-state index contributed by atoms with van der Waals surface area (Å²) in [6, 6.07) is 0. The van der Waals surface area contributed by atoms with Gasteiger partial charge >= 0.3 is 9.05 Å². The van der Waals surface area contributed by atoms with Gasteiger partial charge in [-0.1, -0.05) is 55.4 Å². The van der Waals surface area contributed by atoms with Crippen LogP contribution in [0.3, 0.4) is 0 Å². The van der Waals surface area contributed by atoms with Gasteiger partial charge in [-0.25, -0.2) is 0 Å². The maximum absolute atomic E-state index is 5.80. The molecule has 0 aliphatic carbocycles. The van der Waals surface area contributed by atoms with Crippen LogP contribution in [0.1, 0.15) is 109 Å². The molecule has 0 aromatic rings. The lowest BCUT2D eigenvalue weighted by atomic mass is 10.1. The van der Waals surface area contributed by atoms with Crippen LogP contribution in [-0.2, 0) is 18.1 Å². The van der Waals surface area contributed by atoms with Crippen molar-refractivity contribution in [3.63, 3.8) is 0 Å². The summed E-state index contributed by atoms with van der Waals surface area (Å²) in [5.74, 6) is 1.72. The first-order valence-electron chi connectivity index (χ1n) is 12.1. The Bertz CT molecular complexity index is 568. The van der Waals surface area contributed by atoms with E-state index in [4.69, 9.17) is 18.1 Å². The molecule has 0 bridgehead atoms. The fourth-order valence-electron chi connectivity index (χ4n) is 3.15. The summed E-state index contributed by atoms with van der Waals surface area (Å²) in [5, 5.41) is 17.0. The molecule has 0 radical (unpaired) electrons. The second-order valence-electron chi connectivity index (χ2n) is 10.6. The summed E-state index contributed by atoms with van der Waals surface area (Å²) in [4.78, 5) is 0. The minimum Gasteiger partial charge on any atom is -0.340 e. The zero-order valence-corrected chi connectivity index (χ0v) is 24.1. The minimum atomic E-state index is -4.00. The van der Waals surface area contributed by atoms with Crippen LogP contribution in [-0.4, -0.2) is 31.9 Å². The van der Waals surface area contributed by atoms with Gasteiger partial charge in [0.2, 0.25) is 0 Å². The van der Waals surface area contributed by atoms with Crippen LogP contribution in [0.25, 0.3) is 0 Å². The van der Waals surface area contributed by atoms with Crippen molar-refractivity contribution in [2.75, 3.05) is 0 Å². The quantitative estimate of drug-likeness (QED) is 0.132. The first-order valence-corrected chi connectivity index (χ1v) is 13.7. The van der Waals surface area contributed by atoms with Crippen LogP contribution in [0, 0.1) is 23.7 Å². The van der Waals surface area contributed by atoms with E-state index in [-0.39, 0.29) is 0 Å². The van der Waals surface area contributed by atoms with Gasteiger partial charge in [-0.2, -0.15) is 0 Å². The van der Waals surface area contributed by atoms with E-state index in [0.717, 1.165) is 48.5 Å². The van der Waals surface area contributed by atoms with Gasteiger partial charge in [0.25, 0.3) is 0 Å². The van der Waals surface area contributed by atoms with Gasteiger partial charge in [0.15, 0.2) is 0 Å². The molecule has 0 aromatic carbocycles. The van der Waals surface area contributed by atoms with E-state index in [1.165, 1.54) is 0 Å². The molecule has 0 spiro atoms. The topological polar surface area (TPSA) is 86.4 Å². The van der Waals surface area contributed by atoms with Gasteiger partial charge in [-0.3, -0.25) is 0 Å². The summed E-state index contributed by atoms with van der Waals surface area (Å²) < 4.78 is 23.2. The van der Waals surface area contributed by atoms with Gasteiger partial charge in [0.05, 0.1) is 22.8 Å². The predicted octanol–water partition coefficient (Wildman–Crippen LogP) is 7.18. The Morgan fingerprint density at radius 3 is 0.788 bits per heavy atom. The Hall–Kier alpha value is -1.90. The van der Waals surface area contributed by atoms with Crippen LogP contribution < -0.4 is 0 Å². The van der Waals surface area contributed by atoms with E-state index in [1.54, 1.807) is 0 Å². The molecule has 0 amide bonds. The van der Waals surface area contributed by atoms with Crippen molar-refractivity contribution in [2.45, 2.75) is 109 Å². The third kappa shape index (κ3) is 16.4. The highest BCUT2D eigenvalue weighted by atomic mass is 28.4. The van der Waals surface area contributed by atoms with E-state index in [9.17, 15) is 0 Å². The zero-order valence-electron chi connectivity index (χ0n) is 23.1. The number of nitrogens with zero attached hydrogens (tertiary/aromatic N) is 4. The van der Waals surface area contributed by atoms with Crippen LogP contribution in [0.15, 0.2) is 20.6 Å². The molecule has 0 saturated heterocycles. The molecule has 0 aliphatic rings. The predicted molar refractivity (Wildman–Crippen MR) is 140 cm³/mol. The van der Waals surface area contributed by atoms with Crippen LogP contribution in [0.5, 0.6) is 0 Å². The number of rotatable bonds is 16. The monoisotopic (exact) mass is 484 g/mol. The SMILES string of the molecule is C/C(CC(C)C)=N/O[Si](O/N=C(/C)CC(C)C)(O/N=C(/C)CC(C)C)O/N=C(/C)CC(C)C. The Balaban J connectivity index is 6.10. The smallest absolute Gasteiger partial charge is 0.340 e. The fourth-order valence-corrected chi connectivity index (χ4v) is 4.42. The molecule has 0 atom stereocenters. The van der Waals surface area contributed by atoms with Gasteiger partial charge in [0.1, 0.15) is 0 Å². The van der Waals surface area contributed by atoms with Crippen LogP contribution in [0.2, 0.25) is 0 Å². The highest BCUT2D eigenvalue weighted by Crippen LogP contribution is 2.18. The lowest BCUT2D eigenvalue weighted by Crippen LogP contribution is -2.45. The van der Waals surface area contributed by atoms with E-state index in [1.807, 2.05) is 27.7 Å². The molecule has 0 N–H and O–H groups in total. The first-order chi connectivity index (χ1) is 15.2. The highest BCUT2D eigenvalue weighted by molar-refractivity contribution is 6.53. The molecular weight excluding hydrogens is 436 g/mol. The molecule has 0 saturated carbocycles. The molecule has 0 rings (SSSR count). The number of hydrogen-bond donors (Lipinski definition) is 0. The Morgan fingerprint density at radius 1 is 0.455 bits per heavy atom. The van der Waals surface area contributed by atoms with Gasteiger partial charge in [-0.15, -0.1) is 20.6 Å².